The molecule has 0 aromatic carbocycles. The SMILES string of the molecule is CCCCCCCC/C=C\CCCCCC(=O)OC(/C=C/CCCCCCCCCCCC)C(COP(=O)(O)OCC[N+](C)(C)C)NC(=O)CCCCCCCCCCCCCCCCCCCCC. The maximum atomic E-state index is 13.5. The van der Waals surface area contributed by atoms with Crippen LogP contribution >= 0.6 is 7.82 Å². The normalized spacial score (nSPS) is 13.9. The molecule has 0 fully saturated rings. The van der Waals surface area contributed by atoms with Crippen molar-refractivity contribution in [2.45, 2.75) is 309 Å². The summed E-state index contributed by atoms with van der Waals surface area (Å²) in [5.74, 6) is -0.510. The Morgan fingerprint density at radius 3 is 1.23 bits per heavy atom. The van der Waals surface area contributed by atoms with Crippen molar-refractivity contribution >= 4 is 19.7 Å². The minimum Gasteiger partial charge on any atom is -0.456 e. The van der Waals surface area contributed by atoms with Gasteiger partial charge in [-0.05, 0) is 57.4 Å². The molecule has 0 aliphatic rings. The number of amides is 1. The lowest BCUT2D eigenvalue weighted by Crippen LogP contribution is -2.47. The number of carbonyl (C=O) groups excluding carboxylic acids is 2. The Morgan fingerprint density at radius 2 is 0.829 bits per heavy atom. The fraction of sp³-hybridized carbons (Fsp3) is 0.900. The molecule has 0 spiro atoms. The zero-order chi connectivity index (χ0) is 51.5. The molecule has 3 atom stereocenters. The predicted octanol–water partition coefficient (Wildman–Crippen LogP) is 18.2. The van der Waals surface area contributed by atoms with Crippen LogP contribution in [0.25, 0.3) is 0 Å². The van der Waals surface area contributed by atoms with E-state index in [0.29, 0.717) is 17.4 Å². The second-order valence-electron chi connectivity index (χ2n) is 21.9. The van der Waals surface area contributed by atoms with E-state index < -0.39 is 20.0 Å². The zero-order valence-corrected chi connectivity index (χ0v) is 48.2. The number of allylic oxidation sites excluding steroid dienone is 3. The summed E-state index contributed by atoms with van der Waals surface area (Å²) in [5.41, 5.74) is 0. The zero-order valence-electron chi connectivity index (χ0n) is 47.3. The summed E-state index contributed by atoms with van der Waals surface area (Å²) in [7, 11) is 1.50. The number of hydrogen-bond donors (Lipinski definition) is 2. The number of phosphoric acid groups is 1. The van der Waals surface area contributed by atoms with E-state index in [1.54, 1.807) is 0 Å². The van der Waals surface area contributed by atoms with E-state index in [4.69, 9.17) is 13.8 Å². The summed E-state index contributed by atoms with van der Waals surface area (Å²) < 4.78 is 30.6. The molecule has 0 radical (unpaired) electrons. The Hall–Kier alpha value is -1.51. The van der Waals surface area contributed by atoms with E-state index in [2.05, 4.69) is 38.2 Å². The highest BCUT2D eigenvalue weighted by atomic mass is 31.2. The van der Waals surface area contributed by atoms with Crippen molar-refractivity contribution in [3.05, 3.63) is 24.3 Å². The molecule has 0 aliphatic heterocycles. The van der Waals surface area contributed by atoms with Gasteiger partial charge in [-0.2, -0.15) is 0 Å². The first-order chi connectivity index (χ1) is 33.9. The van der Waals surface area contributed by atoms with Crippen molar-refractivity contribution in [1.29, 1.82) is 0 Å². The van der Waals surface area contributed by atoms with Gasteiger partial charge >= 0.3 is 13.8 Å². The predicted molar refractivity (Wildman–Crippen MR) is 300 cm³/mol. The molecule has 414 valence electrons. The number of rotatable bonds is 55. The molecular formula is C60H118N2O7P+. The van der Waals surface area contributed by atoms with Crippen molar-refractivity contribution in [3.8, 4) is 0 Å². The van der Waals surface area contributed by atoms with Crippen LogP contribution in [0.3, 0.4) is 0 Å². The number of quaternary nitrogens is 1. The minimum absolute atomic E-state index is 0.0415. The molecule has 0 saturated heterocycles. The second kappa shape index (κ2) is 51.0. The Morgan fingerprint density at radius 1 is 0.486 bits per heavy atom. The summed E-state index contributed by atoms with van der Waals surface area (Å²) in [4.78, 5) is 37.6. The molecule has 0 aromatic rings. The molecule has 0 saturated carbocycles. The van der Waals surface area contributed by atoms with Crippen LogP contribution < -0.4 is 5.32 Å². The Kier molecular flexibility index (Phi) is 49.9. The molecule has 0 aliphatic carbocycles. The monoisotopic (exact) mass is 1010 g/mol. The third kappa shape index (κ3) is 51.4. The average Bonchev–Trinajstić information content (AvgIpc) is 3.32. The molecule has 9 nitrogen and oxygen atoms in total. The summed E-state index contributed by atoms with van der Waals surface area (Å²) in [6.45, 7) is 7.03. The third-order valence-corrected chi connectivity index (χ3v) is 14.6. The number of likely N-dealkylation sites (N-methyl/N-ethyl adjacent to an activating group) is 1. The van der Waals surface area contributed by atoms with Gasteiger partial charge < -0.3 is 19.4 Å². The molecule has 0 aromatic heterocycles. The fourth-order valence-electron chi connectivity index (χ4n) is 8.94. The van der Waals surface area contributed by atoms with Crippen LogP contribution in [0, 0.1) is 0 Å². The second-order valence-corrected chi connectivity index (χ2v) is 23.3. The van der Waals surface area contributed by atoms with Crippen molar-refractivity contribution in [1.82, 2.24) is 5.32 Å². The minimum atomic E-state index is -4.44. The van der Waals surface area contributed by atoms with Gasteiger partial charge in [-0.15, -0.1) is 0 Å². The highest BCUT2D eigenvalue weighted by molar-refractivity contribution is 7.47. The van der Waals surface area contributed by atoms with Gasteiger partial charge in [-0.25, -0.2) is 4.57 Å². The average molecular weight is 1010 g/mol. The van der Waals surface area contributed by atoms with Crippen LogP contribution in [0.5, 0.6) is 0 Å². The Balaban J connectivity index is 5.24. The standard InChI is InChI=1S/C60H117N2O7P/c1-7-10-13-16-19-22-25-28-29-30-31-32-33-35-37-40-43-46-49-52-59(63)61-57(56-68-70(65,66)67-55-54-62(4,5)6)58(51-48-45-42-39-36-27-24-21-18-15-12-9-3)69-60(64)53-50-47-44-41-38-34-26-23-20-17-14-11-8-2/h34,38,48,51,57-58H,7-33,35-37,39-47,49-50,52-56H2,1-6H3,(H-,61,63,65,66)/p+1/b38-34-,51-48+. The highest BCUT2D eigenvalue weighted by Gasteiger charge is 2.30. The number of unbranched alkanes of at least 4 members (excludes halogenated alkanes) is 37. The van der Waals surface area contributed by atoms with Gasteiger partial charge in [0.05, 0.1) is 33.8 Å². The van der Waals surface area contributed by atoms with E-state index in [1.807, 2.05) is 33.3 Å². The lowest BCUT2D eigenvalue weighted by Gasteiger charge is -2.27. The Bertz CT molecular complexity index is 1250. The molecule has 3 unspecified atom stereocenters. The summed E-state index contributed by atoms with van der Waals surface area (Å²) in [5, 5.41) is 3.05. The largest absolute Gasteiger partial charge is 0.472 e. The molecule has 1 amide bonds. The quantitative estimate of drug-likeness (QED) is 0.0205. The van der Waals surface area contributed by atoms with E-state index in [-0.39, 0.29) is 31.5 Å². The molecule has 0 bridgehead atoms. The summed E-state index contributed by atoms with van der Waals surface area (Å²) in [6.07, 6.45) is 58.9. The number of nitrogens with one attached hydrogen (secondary N) is 1. The van der Waals surface area contributed by atoms with E-state index in [1.165, 1.54) is 193 Å². The molecule has 0 heterocycles. The van der Waals surface area contributed by atoms with Gasteiger partial charge in [-0.3, -0.25) is 18.6 Å². The van der Waals surface area contributed by atoms with Gasteiger partial charge in [0.2, 0.25) is 5.91 Å². The number of phosphoric ester groups is 1. The topological polar surface area (TPSA) is 111 Å². The molecule has 2 N–H and O–H groups in total. The van der Waals surface area contributed by atoms with Crippen molar-refractivity contribution in [3.63, 3.8) is 0 Å². The molecular weight excluding hydrogens is 892 g/mol. The van der Waals surface area contributed by atoms with Gasteiger partial charge in [0.15, 0.2) is 0 Å². The van der Waals surface area contributed by atoms with Crippen molar-refractivity contribution in [2.24, 2.45) is 0 Å². The van der Waals surface area contributed by atoms with Gasteiger partial charge in [0, 0.05) is 12.8 Å². The maximum absolute atomic E-state index is 13.5. The summed E-state index contributed by atoms with van der Waals surface area (Å²) in [6, 6.07) is -0.847. The van der Waals surface area contributed by atoms with E-state index >= 15 is 0 Å². The smallest absolute Gasteiger partial charge is 0.456 e. The number of esters is 1. The number of nitrogens with zero attached hydrogens (tertiary/aromatic N) is 1. The van der Waals surface area contributed by atoms with Gasteiger partial charge in [-0.1, -0.05) is 251 Å². The fourth-order valence-corrected chi connectivity index (χ4v) is 9.67. The van der Waals surface area contributed by atoms with Crippen LogP contribution in [0.15, 0.2) is 24.3 Å². The van der Waals surface area contributed by atoms with Crippen LogP contribution in [0.4, 0.5) is 0 Å². The first-order valence-corrected chi connectivity index (χ1v) is 31.7. The first-order valence-electron chi connectivity index (χ1n) is 30.2. The summed E-state index contributed by atoms with van der Waals surface area (Å²) >= 11 is 0. The first kappa shape index (κ1) is 68.5. The van der Waals surface area contributed by atoms with Gasteiger partial charge in [0.1, 0.15) is 19.3 Å². The van der Waals surface area contributed by atoms with Crippen LogP contribution in [0.1, 0.15) is 297 Å². The van der Waals surface area contributed by atoms with Crippen LogP contribution in [0.2, 0.25) is 0 Å². The maximum Gasteiger partial charge on any atom is 0.472 e. The van der Waals surface area contributed by atoms with Crippen LogP contribution in [-0.2, 0) is 27.9 Å². The molecule has 10 heteroatoms. The lowest BCUT2D eigenvalue weighted by molar-refractivity contribution is -0.870. The van der Waals surface area contributed by atoms with E-state index in [0.717, 1.165) is 70.6 Å². The van der Waals surface area contributed by atoms with Gasteiger partial charge in [0.25, 0.3) is 0 Å². The van der Waals surface area contributed by atoms with Crippen molar-refractivity contribution < 1.29 is 37.3 Å². The van der Waals surface area contributed by atoms with Crippen molar-refractivity contribution in [2.75, 3.05) is 40.9 Å². The Labute approximate surface area is 434 Å². The molecule has 0 rings (SSSR count). The number of hydrogen-bond acceptors (Lipinski definition) is 6. The molecule has 70 heavy (non-hydrogen) atoms. The highest BCUT2D eigenvalue weighted by Crippen LogP contribution is 2.43. The third-order valence-electron chi connectivity index (χ3n) is 13.6. The van der Waals surface area contributed by atoms with Crippen LogP contribution in [-0.4, -0.2) is 74.3 Å². The number of ether oxygens (including phenoxy) is 1. The van der Waals surface area contributed by atoms with E-state index in [9.17, 15) is 19.0 Å². The lowest BCUT2D eigenvalue weighted by atomic mass is 10.0. The number of carbonyl (C=O) groups is 2.